The summed E-state index contributed by atoms with van der Waals surface area (Å²) in [6.45, 7) is 4.91. The van der Waals surface area contributed by atoms with E-state index in [1.807, 2.05) is 6.08 Å². The molecule has 0 aliphatic heterocycles. The maximum absolute atomic E-state index is 12.5. The molecule has 0 aromatic heterocycles. The fraction of sp³-hybridized carbons (Fsp3) is 0.877. The number of esters is 1. The number of carbonyl (C=O) groups is 2. The van der Waals surface area contributed by atoms with E-state index in [1.165, 1.54) is 263 Å². The molecular formula is C65H123NO5. The monoisotopic (exact) mass is 998 g/mol. The average molecular weight is 999 g/mol. The molecule has 0 aliphatic carbocycles. The Balaban J connectivity index is 3.43. The summed E-state index contributed by atoms with van der Waals surface area (Å²) in [5.41, 5.74) is 0. The molecule has 0 saturated carbocycles. The van der Waals surface area contributed by atoms with Gasteiger partial charge in [0.15, 0.2) is 0 Å². The van der Waals surface area contributed by atoms with Crippen molar-refractivity contribution in [3.05, 3.63) is 36.5 Å². The van der Waals surface area contributed by atoms with Crippen molar-refractivity contribution in [1.82, 2.24) is 5.32 Å². The highest BCUT2D eigenvalue weighted by Gasteiger charge is 2.18. The first-order valence-corrected chi connectivity index (χ1v) is 31.8. The lowest BCUT2D eigenvalue weighted by molar-refractivity contribution is -0.143. The van der Waals surface area contributed by atoms with E-state index in [4.69, 9.17) is 4.74 Å². The summed E-state index contributed by atoms with van der Waals surface area (Å²) in [4.78, 5) is 24.5. The molecule has 2 unspecified atom stereocenters. The molecule has 2 atom stereocenters. The van der Waals surface area contributed by atoms with Gasteiger partial charge < -0.3 is 20.3 Å². The summed E-state index contributed by atoms with van der Waals surface area (Å²) < 4.78 is 5.49. The second-order valence-corrected chi connectivity index (χ2v) is 21.7. The molecule has 3 N–H and O–H groups in total. The van der Waals surface area contributed by atoms with E-state index in [0.29, 0.717) is 19.4 Å². The third-order valence-electron chi connectivity index (χ3n) is 14.6. The Kier molecular flexibility index (Phi) is 59.0. The minimum absolute atomic E-state index is 0.00366. The fourth-order valence-corrected chi connectivity index (χ4v) is 9.74. The Bertz CT molecular complexity index is 1150. The van der Waals surface area contributed by atoms with Gasteiger partial charge in [0, 0.05) is 12.8 Å². The summed E-state index contributed by atoms with van der Waals surface area (Å²) in [5.74, 6) is -0.0696. The van der Waals surface area contributed by atoms with Crippen LogP contribution in [0.15, 0.2) is 36.5 Å². The Morgan fingerprint density at radius 1 is 0.380 bits per heavy atom. The van der Waals surface area contributed by atoms with Gasteiger partial charge >= 0.3 is 5.97 Å². The molecule has 0 bridgehead atoms. The molecule has 0 heterocycles. The van der Waals surface area contributed by atoms with Gasteiger partial charge in [-0.25, -0.2) is 0 Å². The highest BCUT2D eigenvalue weighted by Crippen LogP contribution is 2.17. The maximum atomic E-state index is 12.5. The first-order valence-electron chi connectivity index (χ1n) is 31.8. The van der Waals surface area contributed by atoms with E-state index in [9.17, 15) is 19.8 Å². The Morgan fingerprint density at radius 3 is 1.00 bits per heavy atom. The average Bonchev–Trinajstić information content (AvgIpc) is 3.37. The first kappa shape index (κ1) is 69.1. The van der Waals surface area contributed by atoms with Crippen LogP contribution >= 0.6 is 0 Å². The lowest BCUT2D eigenvalue weighted by Crippen LogP contribution is -2.45. The van der Waals surface area contributed by atoms with E-state index in [-0.39, 0.29) is 18.5 Å². The van der Waals surface area contributed by atoms with Gasteiger partial charge in [-0.1, -0.05) is 281 Å². The van der Waals surface area contributed by atoms with Crippen molar-refractivity contribution in [2.75, 3.05) is 13.2 Å². The number of carbonyl (C=O) groups excluding carboxylic acids is 2. The number of aliphatic hydroxyl groups excluding tert-OH is 2. The number of hydrogen-bond acceptors (Lipinski definition) is 5. The van der Waals surface area contributed by atoms with Gasteiger partial charge in [0.05, 0.1) is 25.4 Å². The lowest BCUT2D eigenvalue weighted by Gasteiger charge is -2.20. The summed E-state index contributed by atoms with van der Waals surface area (Å²) in [5, 5.41) is 23.1. The lowest BCUT2D eigenvalue weighted by atomic mass is 10.0. The number of hydrogen-bond donors (Lipinski definition) is 3. The van der Waals surface area contributed by atoms with Crippen LogP contribution in [0.25, 0.3) is 0 Å². The molecule has 0 rings (SSSR count). The highest BCUT2D eigenvalue weighted by molar-refractivity contribution is 5.76. The molecule has 418 valence electrons. The van der Waals surface area contributed by atoms with Gasteiger partial charge in [-0.3, -0.25) is 9.59 Å². The van der Waals surface area contributed by atoms with Crippen LogP contribution in [-0.2, 0) is 14.3 Å². The minimum Gasteiger partial charge on any atom is -0.466 e. The second kappa shape index (κ2) is 60.6. The van der Waals surface area contributed by atoms with Crippen LogP contribution in [0.4, 0.5) is 0 Å². The van der Waals surface area contributed by atoms with Gasteiger partial charge in [-0.2, -0.15) is 0 Å². The van der Waals surface area contributed by atoms with Crippen molar-refractivity contribution in [2.24, 2.45) is 0 Å². The summed E-state index contributed by atoms with van der Waals surface area (Å²) in [6, 6.07) is -0.632. The van der Waals surface area contributed by atoms with Crippen molar-refractivity contribution in [3.63, 3.8) is 0 Å². The zero-order valence-electron chi connectivity index (χ0n) is 47.7. The van der Waals surface area contributed by atoms with E-state index < -0.39 is 12.1 Å². The molecule has 0 aromatic carbocycles. The quantitative estimate of drug-likeness (QED) is 0.0321. The Labute approximate surface area is 443 Å². The van der Waals surface area contributed by atoms with Crippen molar-refractivity contribution < 1.29 is 24.5 Å². The molecular weight excluding hydrogens is 875 g/mol. The van der Waals surface area contributed by atoms with E-state index >= 15 is 0 Å². The number of aliphatic hydroxyl groups is 2. The molecule has 71 heavy (non-hydrogen) atoms. The first-order chi connectivity index (χ1) is 35.0. The maximum Gasteiger partial charge on any atom is 0.305 e. The van der Waals surface area contributed by atoms with E-state index in [1.54, 1.807) is 6.08 Å². The SMILES string of the molecule is CCCCCCCCC/C=C\CCCCCCCC(=O)OCCCCCCCCCCCCCC/C=C\CCCCCCCCCC(=O)NC(CO)C(O)/C=C/CCCCCCCCCCCCCCC. The normalized spacial score (nSPS) is 12.8. The highest BCUT2D eigenvalue weighted by atomic mass is 16.5. The third kappa shape index (κ3) is 57.2. The number of allylic oxidation sites excluding steroid dienone is 5. The summed E-state index contributed by atoms with van der Waals surface area (Å²) in [7, 11) is 0. The van der Waals surface area contributed by atoms with Crippen molar-refractivity contribution in [1.29, 1.82) is 0 Å². The number of unbranched alkanes of at least 4 members (excludes halogenated alkanes) is 44. The second-order valence-electron chi connectivity index (χ2n) is 21.7. The van der Waals surface area contributed by atoms with Gasteiger partial charge in [0.2, 0.25) is 5.91 Å². The molecule has 0 aromatic rings. The Hall–Kier alpha value is -1.92. The van der Waals surface area contributed by atoms with Gasteiger partial charge in [0.1, 0.15) is 0 Å². The van der Waals surface area contributed by atoms with Crippen LogP contribution in [0.1, 0.15) is 341 Å². The van der Waals surface area contributed by atoms with Crippen LogP contribution in [-0.4, -0.2) is 47.4 Å². The largest absolute Gasteiger partial charge is 0.466 e. The minimum atomic E-state index is -0.848. The predicted molar refractivity (Wildman–Crippen MR) is 310 cm³/mol. The van der Waals surface area contributed by atoms with Gasteiger partial charge in [-0.15, -0.1) is 0 Å². The van der Waals surface area contributed by atoms with Crippen LogP contribution in [0.2, 0.25) is 0 Å². The van der Waals surface area contributed by atoms with Crippen molar-refractivity contribution in [2.45, 2.75) is 353 Å². The summed E-state index contributed by atoms with van der Waals surface area (Å²) >= 11 is 0. The molecule has 0 radical (unpaired) electrons. The predicted octanol–water partition coefficient (Wildman–Crippen LogP) is 20.0. The van der Waals surface area contributed by atoms with Crippen molar-refractivity contribution in [3.8, 4) is 0 Å². The summed E-state index contributed by atoms with van der Waals surface area (Å²) in [6.07, 6.45) is 76.2. The molecule has 0 fully saturated rings. The van der Waals surface area contributed by atoms with Crippen LogP contribution < -0.4 is 5.32 Å². The van der Waals surface area contributed by atoms with Gasteiger partial charge in [-0.05, 0) is 83.5 Å². The smallest absolute Gasteiger partial charge is 0.305 e. The van der Waals surface area contributed by atoms with Crippen molar-refractivity contribution >= 4 is 11.9 Å². The Morgan fingerprint density at radius 2 is 0.662 bits per heavy atom. The van der Waals surface area contributed by atoms with Crippen LogP contribution in [0.5, 0.6) is 0 Å². The molecule has 0 saturated heterocycles. The molecule has 6 heteroatoms. The number of ether oxygens (including phenoxy) is 1. The number of amides is 1. The zero-order chi connectivity index (χ0) is 51.4. The molecule has 1 amide bonds. The van der Waals surface area contributed by atoms with Gasteiger partial charge in [0.25, 0.3) is 0 Å². The number of rotatable bonds is 59. The van der Waals surface area contributed by atoms with Crippen LogP contribution in [0, 0.1) is 0 Å². The molecule has 6 nitrogen and oxygen atoms in total. The van der Waals surface area contributed by atoms with E-state index in [0.717, 1.165) is 51.4 Å². The fourth-order valence-electron chi connectivity index (χ4n) is 9.74. The number of nitrogens with one attached hydrogen (secondary N) is 1. The molecule has 0 spiro atoms. The van der Waals surface area contributed by atoms with Crippen LogP contribution in [0.3, 0.4) is 0 Å². The topological polar surface area (TPSA) is 95.9 Å². The van der Waals surface area contributed by atoms with E-state index in [2.05, 4.69) is 43.5 Å². The zero-order valence-corrected chi connectivity index (χ0v) is 47.7. The molecule has 0 aliphatic rings. The standard InChI is InChI=1S/C65H123NO5/c1-3-5-7-9-11-13-15-17-19-31-35-39-43-47-51-55-59-65(70)71-60-56-52-48-44-40-36-32-28-26-24-22-20-21-23-25-27-30-34-38-42-46-50-54-58-64(69)66-62(61-67)63(68)57-53-49-45-41-37-33-29-18-16-14-12-10-8-6-4-2/h19,23,25,31,53,57,62-63,67-68H,3-18,20-22,24,26-30,32-52,54-56,58-61H2,1-2H3,(H,66,69)/b25-23-,31-19-,57-53+. The third-order valence-corrected chi connectivity index (χ3v) is 14.6.